The summed E-state index contributed by atoms with van der Waals surface area (Å²) in [5.41, 5.74) is 1.99. The Labute approximate surface area is 242 Å². The van der Waals surface area contributed by atoms with Gasteiger partial charge in [-0.15, -0.1) is 0 Å². The zero-order chi connectivity index (χ0) is 28.4. The van der Waals surface area contributed by atoms with Crippen LogP contribution in [0.5, 0.6) is 0 Å². The Bertz CT molecular complexity index is 1470. The summed E-state index contributed by atoms with van der Waals surface area (Å²) in [4.78, 5) is 30.8. The van der Waals surface area contributed by atoms with Crippen molar-refractivity contribution in [2.45, 2.75) is 32.4 Å². The van der Waals surface area contributed by atoms with Gasteiger partial charge in [0.15, 0.2) is 0 Å². The van der Waals surface area contributed by atoms with Crippen LogP contribution in [0.2, 0.25) is 10.0 Å². The molecule has 3 aromatic rings. The minimum Gasteiger partial charge on any atom is -0.394 e. The number of aliphatic hydroxyl groups is 1. The van der Waals surface area contributed by atoms with Crippen molar-refractivity contribution in [3.8, 4) is 0 Å². The zero-order valence-electron chi connectivity index (χ0n) is 22.4. The number of carbonyl (C=O) groups is 1. The quantitative estimate of drug-likeness (QED) is 0.345. The number of aromatic nitrogens is 1. The highest BCUT2D eigenvalue weighted by atomic mass is 35.5. The molecule has 0 atom stereocenters. The summed E-state index contributed by atoms with van der Waals surface area (Å²) < 4.78 is 22.8. The number of fused-ring (bicyclic) bond motifs is 1. The fourth-order valence-corrected chi connectivity index (χ4v) is 5.84. The van der Waals surface area contributed by atoms with Gasteiger partial charge in [0.25, 0.3) is 5.91 Å². The Hall–Kier alpha value is -2.69. The van der Waals surface area contributed by atoms with E-state index in [0.717, 1.165) is 30.5 Å². The second-order valence-electron chi connectivity index (χ2n) is 10.3. The van der Waals surface area contributed by atoms with Gasteiger partial charge < -0.3 is 24.6 Å². The Balaban J connectivity index is 1.41. The molecular weight excluding hydrogens is 558 g/mol. The van der Waals surface area contributed by atoms with E-state index >= 15 is 4.39 Å². The summed E-state index contributed by atoms with van der Waals surface area (Å²) in [6, 6.07) is 6.73. The highest BCUT2D eigenvalue weighted by Gasteiger charge is 2.31. The molecule has 0 radical (unpaired) electrons. The Kier molecular flexibility index (Phi) is 8.97. The largest absolute Gasteiger partial charge is 0.394 e. The van der Waals surface area contributed by atoms with Crippen molar-refractivity contribution in [2.75, 3.05) is 57.4 Å². The van der Waals surface area contributed by atoms with Gasteiger partial charge in [0, 0.05) is 56.5 Å². The van der Waals surface area contributed by atoms with Crippen LogP contribution in [-0.4, -0.2) is 73.0 Å². The minimum atomic E-state index is -0.578. The highest BCUT2D eigenvalue weighted by Crippen LogP contribution is 2.42. The number of amides is 1. The number of ether oxygens (including phenoxy) is 1. The predicted molar refractivity (Wildman–Crippen MR) is 155 cm³/mol. The predicted octanol–water partition coefficient (Wildman–Crippen LogP) is 4.15. The molecule has 1 aliphatic heterocycles. The van der Waals surface area contributed by atoms with Gasteiger partial charge in [-0.3, -0.25) is 14.5 Å². The van der Waals surface area contributed by atoms with Gasteiger partial charge in [-0.05, 0) is 49.1 Å². The van der Waals surface area contributed by atoms with Gasteiger partial charge >= 0.3 is 0 Å². The first-order valence-corrected chi connectivity index (χ1v) is 14.3. The summed E-state index contributed by atoms with van der Waals surface area (Å²) in [5.74, 6) is -1.10. The van der Waals surface area contributed by atoms with Gasteiger partial charge in [-0.2, -0.15) is 0 Å². The molecule has 2 aromatic carbocycles. The first-order valence-electron chi connectivity index (χ1n) is 13.5. The molecular formula is C29H33Cl2FN4O4. The number of pyridine rings is 1. The van der Waals surface area contributed by atoms with Crippen molar-refractivity contribution in [2.24, 2.45) is 0 Å². The molecule has 214 valence electrons. The van der Waals surface area contributed by atoms with Crippen LogP contribution in [-0.2, 0) is 11.3 Å². The molecule has 5 rings (SSSR count). The van der Waals surface area contributed by atoms with Crippen molar-refractivity contribution in [3.05, 3.63) is 73.2 Å². The average molecular weight is 592 g/mol. The van der Waals surface area contributed by atoms with Crippen LogP contribution in [0.15, 0.2) is 35.3 Å². The maximum Gasteiger partial charge on any atom is 0.257 e. The summed E-state index contributed by atoms with van der Waals surface area (Å²) >= 11 is 12.9. The van der Waals surface area contributed by atoms with Crippen molar-refractivity contribution < 1.29 is 19.0 Å². The van der Waals surface area contributed by atoms with Crippen LogP contribution in [0, 0.1) is 12.7 Å². The number of anilines is 1. The van der Waals surface area contributed by atoms with E-state index in [9.17, 15) is 9.59 Å². The van der Waals surface area contributed by atoms with Gasteiger partial charge in [0.05, 0.1) is 41.4 Å². The lowest BCUT2D eigenvalue weighted by molar-refractivity contribution is 0.0724. The number of piperazine rings is 1. The smallest absolute Gasteiger partial charge is 0.257 e. The number of aryl methyl sites for hydroxylation is 1. The number of benzene rings is 2. The first-order chi connectivity index (χ1) is 19.3. The molecule has 2 heterocycles. The summed E-state index contributed by atoms with van der Waals surface area (Å²) in [6.45, 7) is 6.24. The summed E-state index contributed by atoms with van der Waals surface area (Å²) in [6.07, 6.45) is 3.36. The number of carbonyl (C=O) groups excluding carboxylic acids is 1. The van der Waals surface area contributed by atoms with Crippen LogP contribution >= 0.6 is 23.2 Å². The normalized spacial score (nSPS) is 16.1. The van der Waals surface area contributed by atoms with Crippen molar-refractivity contribution in [1.29, 1.82) is 0 Å². The third-order valence-corrected chi connectivity index (χ3v) is 8.18. The maximum absolute atomic E-state index is 15.6. The minimum absolute atomic E-state index is 0.00524. The Morgan fingerprint density at radius 3 is 2.58 bits per heavy atom. The standard InChI is InChI=1S/C29H33Cl2FN4O4/c1-18-14-20(30)3-2-19(18)16-33-29(39)23-17-36(21-4-5-21)26-22(28(23)38)15-24(32)27(25(26)31)35-8-6-34(7-9-35)10-12-40-13-11-37/h2-3,14-15,17,21,37H,4-13,16H2,1H3,(H,33,39). The highest BCUT2D eigenvalue weighted by molar-refractivity contribution is 6.38. The molecule has 1 aliphatic carbocycles. The van der Waals surface area contributed by atoms with E-state index in [0.29, 0.717) is 49.9 Å². The number of nitrogens with one attached hydrogen (secondary N) is 1. The molecule has 1 saturated carbocycles. The molecule has 40 heavy (non-hydrogen) atoms. The molecule has 1 saturated heterocycles. The molecule has 11 heteroatoms. The fraction of sp³-hybridized carbons (Fsp3) is 0.448. The Morgan fingerprint density at radius 1 is 1.15 bits per heavy atom. The van der Waals surface area contributed by atoms with Crippen molar-refractivity contribution in [1.82, 2.24) is 14.8 Å². The van der Waals surface area contributed by atoms with Crippen LogP contribution in [0.25, 0.3) is 10.9 Å². The number of hydrogen-bond acceptors (Lipinski definition) is 6. The molecule has 2 fully saturated rings. The SMILES string of the molecule is Cc1cc(Cl)ccc1CNC(=O)c1cn(C2CC2)c2c(Cl)c(N3CCN(CCOCCO)CC3)c(F)cc2c1=O. The molecule has 0 bridgehead atoms. The third-order valence-electron chi connectivity index (χ3n) is 7.59. The summed E-state index contributed by atoms with van der Waals surface area (Å²) in [7, 11) is 0. The van der Waals surface area contributed by atoms with Crippen molar-refractivity contribution in [3.63, 3.8) is 0 Å². The molecule has 2 N–H and O–H groups in total. The van der Waals surface area contributed by atoms with Gasteiger partial charge in [-0.1, -0.05) is 29.3 Å². The van der Waals surface area contributed by atoms with E-state index in [1.165, 1.54) is 6.07 Å². The monoisotopic (exact) mass is 590 g/mol. The number of aliphatic hydroxyl groups excluding tert-OH is 1. The van der Waals surface area contributed by atoms with E-state index in [2.05, 4.69) is 10.2 Å². The van der Waals surface area contributed by atoms with Crippen LogP contribution in [0.1, 0.15) is 40.4 Å². The molecule has 2 aliphatic rings. The number of nitrogens with zero attached hydrogens (tertiary/aromatic N) is 3. The van der Waals surface area contributed by atoms with Crippen LogP contribution in [0.4, 0.5) is 10.1 Å². The van der Waals surface area contributed by atoms with E-state index < -0.39 is 17.2 Å². The summed E-state index contributed by atoms with van der Waals surface area (Å²) in [5, 5.41) is 12.6. The topological polar surface area (TPSA) is 87.0 Å². The average Bonchev–Trinajstić information content (AvgIpc) is 3.77. The molecule has 8 nitrogen and oxygen atoms in total. The van der Waals surface area contributed by atoms with E-state index in [4.69, 9.17) is 33.0 Å². The maximum atomic E-state index is 15.6. The van der Waals surface area contributed by atoms with Crippen molar-refractivity contribution >= 4 is 45.7 Å². The zero-order valence-corrected chi connectivity index (χ0v) is 23.9. The molecule has 0 spiro atoms. The first kappa shape index (κ1) is 28.8. The van der Waals surface area contributed by atoms with Gasteiger partial charge in [0.1, 0.15) is 11.4 Å². The number of rotatable bonds is 10. The second kappa shape index (κ2) is 12.4. The lowest BCUT2D eigenvalue weighted by Crippen LogP contribution is -2.47. The van der Waals surface area contributed by atoms with E-state index in [1.807, 2.05) is 28.5 Å². The van der Waals surface area contributed by atoms with Gasteiger partial charge in [-0.25, -0.2) is 4.39 Å². The molecule has 1 aromatic heterocycles. The fourth-order valence-electron chi connectivity index (χ4n) is 5.21. The number of hydrogen-bond donors (Lipinski definition) is 2. The molecule has 1 amide bonds. The van der Waals surface area contributed by atoms with E-state index in [1.54, 1.807) is 12.3 Å². The Morgan fingerprint density at radius 2 is 1.90 bits per heavy atom. The lowest BCUT2D eigenvalue weighted by Gasteiger charge is -2.36. The number of halogens is 3. The third kappa shape index (κ3) is 6.14. The van der Waals surface area contributed by atoms with Crippen LogP contribution < -0.4 is 15.6 Å². The van der Waals surface area contributed by atoms with E-state index in [-0.39, 0.29) is 40.9 Å². The van der Waals surface area contributed by atoms with Gasteiger partial charge in [0.2, 0.25) is 5.43 Å². The lowest BCUT2D eigenvalue weighted by atomic mass is 10.1. The molecule has 0 unspecified atom stereocenters. The van der Waals surface area contributed by atoms with Crippen LogP contribution in [0.3, 0.4) is 0 Å². The second-order valence-corrected chi connectivity index (χ2v) is 11.2.